The molecule has 0 spiro atoms. The second kappa shape index (κ2) is 6.71. The fourth-order valence-electron chi connectivity index (χ4n) is 3.56. The van der Waals surface area contributed by atoms with E-state index in [1.165, 1.54) is 0 Å². The third-order valence-electron chi connectivity index (χ3n) is 4.88. The summed E-state index contributed by atoms with van der Waals surface area (Å²) in [6, 6.07) is 12.7. The van der Waals surface area contributed by atoms with Crippen molar-refractivity contribution in [1.82, 2.24) is 4.98 Å². The van der Waals surface area contributed by atoms with Crippen molar-refractivity contribution in [1.29, 1.82) is 0 Å². The molecule has 1 unspecified atom stereocenters. The van der Waals surface area contributed by atoms with E-state index in [9.17, 15) is 19.3 Å². The second-order valence-electron chi connectivity index (χ2n) is 6.47. The third-order valence-corrected chi connectivity index (χ3v) is 4.88. The molecule has 1 fully saturated rings. The number of piperazine rings is 1. The summed E-state index contributed by atoms with van der Waals surface area (Å²) in [7, 11) is 0. The molecular formula is C19H17FN4O3. The highest BCUT2D eigenvalue weighted by atomic mass is 19.1. The van der Waals surface area contributed by atoms with Crippen LogP contribution in [0.5, 0.6) is 0 Å². The molecule has 0 bridgehead atoms. The Morgan fingerprint density at radius 2 is 2.00 bits per heavy atom. The van der Waals surface area contributed by atoms with Crippen LogP contribution in [0, 0.1) is 15.9 Å². The number of carbonyl (C=O) groups is 1. The van der Waals surface area contributed by atoms with Crippen LogP contribution in [0.15, 0.2) is 48.5 Å². The summed E-state index contributed by atoms with van der Waals surface area (Å²) in [6.45, 7) is 1.15. The van der Waals surface area contributed by atoms with Gasteiger partial charge in [-0.3, -0.25) is 10.1 Å². The first-order chi connectivity index (χ1) is 13.1. The van der Waals surface area contributed by atoms with Gasteiger partial charge in [-0.05, 0) is 18.2 Å². The number of rotatable bonds is 4. The number of nitrogens with zero attached hydrogens (tertiary/aromatic N) is 3. The minimum atomic E-state index is -0.545. The van der Waals surface area contributed by atoms with Gasteiger partial charge in [0.1, 0.15) is 29.7 Å². The standard InChI is InChI=1S/C19H17FN4O3/c20-14-5-6-17(24(26)27)18(10-14)22-7-8-23(15(11-22)12-25)19-9-13-3-1-2-4-16(13)21-19/h1-6,9-10,12,15,21H,7-8,11H2. The molecule has 8 heteroatoms. The van der Waals surface area contributed by atoms with Gasteiger partial charge in [0.15, 0.2) is 0 Å². The van der Waals surface area contributed by atoms with E-state index in [1.54, 1.807) is 4.90 Å². The van der Waals surface area contributed by atoms with Crippen LogP contribution in [-0.2, 0) is 4.79 Å². The number of aromatic amines is 1. The number of nitrogens with one attached hydrogen (secondary N) is 1. The Labute approximate surface area is 154 Å². The molecule has 1 saturated heterocycles. The van der Waals surface area contributed by atoms with E-state index in [-0.39, 0.29) is 17.9 Å². The van der Waals surface area contributed by atoms with Crippen LogP contribution in [0.1, 0.15) is 0 Å². The summed E-state index contributed by atoms with van der Waals surface area (Å²) < 4.78 is 13.7. The van der Waals surface area contributed by atoms with E-state index in [1.807, 2.05) is 35.2 Å². The van der Waals surface area contributed by atoms with Crippen LogP contribution < -0.4 is 9.80 Å². The molecule has 4 rings (SSSR count). The summed E-state index contributed by atoms with van der Waals surface area (Å²) in [5, 5.41) is 12.3. The van der Waals surface area contributed by atoms with Gasteiger partial charge in [-0.1, -0.05) is 18.2 Å². The number of H-pyrrole nitrogens is 1. The molecule has 1 aliphatic rings. The lowest BCUT2D eigenvalue weighted by atomic mass is 10.1. The third kappa shape index (κ3) is 3.10. The summed E-state index contributed by atoms with van der Waals surface area (Å²) in [4.78, 5) is 29.4. The monoisotopic (exact) mass is 368 g/mol. The second-order valence-corrected chi connectivity index (χ2v) is 6.47. The maximum absolute atomic E-state index is 13.7. The highest BCUT2D eigenvalue weighted by Gasteiger charge is 2.31. The van der Waals surface area contributed by atoms with Crippen molar-refractivity contribution in [2.24, 2.45) is 0 Å². The molecule has 3 aromatic rings. The van der Waals surface area contributed by atoms with Gasteiger partial charge >= 0.3 is 0 Å². The number of benzene rings is 2. The fraction of sp³-hybridized carbons (Fsp3) is 0.211. The molecule has 1 aliphatic heterocycles. The number of hydrogen-bond donors (Lipinski definition) is 1. The molecule has 1 aromatic heterocycles. The molecule has 1 N–H and O–H groups in total. The molecule has 2 heterocycles. The molecule has 27 heavy (non-hydrogen) atoms. The largest absolute Gasteiger partial charge is 0.362 e. The van der Waals surface area contributed by atoms with Crippen molar-refractivity contribution in [2.75, 3.05) is 29.4 Å². The smallest absolute Gasteiger partial charge is 0.292 e. The number of aromatic nitrogens is 1. The lowest BCUT2D eigenvalue weighted by Gasteiger charge is -2.40. The van der Waals surface area contributed by atoms with E-state index in [4.69, 9.17) is 0 Å². The average molecular weight is 368 g/mol. The van der Waals surface area contributed by atoms with Crippen LogP contribution in [-0.4, -0.2) is 41.9 Å². The number of carbonyl (C=O) groups excluding carboxylic acids is 1. The van der Waals surface area contributed by atoms with E-state index in [2.05, 4.69) is 4.98 Å². The maximum atomic E-state index is 13.7. The van der Waals surface area contributed by atoms with Gasteiger partial charge in [-0.2, -0.15) is 0 Å². The molecule has 0 radical (unpaired) electrons. The molecule has 138 valence electrons. The number of nitro groups is 1. The first-order valence-corrected chi connectivity index (χ1v) is 8.55. The molecule has 0 amide bonds. The van der Waals surface area contributed by atoms with E-state index < -0.39 is 16.8 Å². The zero-order chi connectivity index (χ0) is 19.0. The first kappa shape index (κ1) is 17.0. The van der Waals surface area contributed by atoms with E-state index in [0.29, 0.717) is 13.1 Å². The van der Waals surface area contributed by atoms with Crippen LogP contribution in [0.3, 0.4) is 0 Å². The highest BCUT2D eigenvalue weighted by Crippen LogP contribution is 2.32. The van der Waals surface area contributed by atoms with E-state index in [0.717, 1.165) is 41.2 Å². The molecule has 2 aromatic carbocycles. The fourth-order valence-corrected chi connectivity index (χ4v) is 3.56. The topological polar surface area (TPSA) is 82.5 Å². The van der Waals surface area contributed by atoms with Gasteiger partial charge < -0.3 is 19.6 Å². The number of anilines is 2. The molecule has 0 saturated carbocycles. The SMILES string of the molecule is O=CC1CN(c2cc(F)ccc2[N+](=O)[O-])CCN1c1cc2ccccc2[nH]1. The maximum Gasteiger partial charge on any atom is 0.292 e. The summed E-state index contributed by atoms with van der Waals surface area (Å²) in [5.74, 6) is 0.276. The predicted molar refractivity (Wildman–Crippen MR) is 101 cm³/mol. The Morgan fingerprint density at radius 1 is 1.19 bits per heavy atom. The molecular weight excluding hydrogens is 351 g/mol. The Bertz CT molecular complexity index is 986. The van der Waals surface area contributed by atoms with Gasteiger partial charge in [0.05, 0.1) is 4.92 Å². The molecule has 0 aliphatic carbocycles. The Kier molecular flexibility index (Phi) is 4.23. The summed E-state index contributed by atoms with van der Waals surface area (Å²) >= 11 is 0. The average Bonchev–Trinajstić information content (AvgIpc) is 3.11. The molecule has 1 atom stereocenters. The van der Waals surface area contributed by atoms with Crippen molar-refractivity contribution in [2.45, 2.75) is 6.04 Å². The van der Waals surface area contributed by atoms with Gasteiger partial charge in [-0.25, -0.2) is 4.39 Å². The number of para-hydroxylation sites is 1. The summed E-state index contributed by atoms with van der Waals surface area (Å²) in [6.07, 6.45) is 0.822. The number of halogens is 1. The number of nitro benzene ring substituents is 1. The zero-order valence-corrected chi connectivity index (χ0v) is 14.3. The van der Waals surface area contributed by atoms with Crippen LogP contribution in [0.25, 0.3) is 10.9 Å². The van der Waals surface area contributed by atoms with Crippen LogP contribution in [0.2, 0.25) is 0 Å². The van der Waals surface area contributed by atoms with Gasteiger partial charge in [0, 0.05) is 42.7 Å². The van der Waals surface area contributed by atoms with Crippen molar-refractivity contribution in [3.05, 3.63) is 64.5 Å². The lowest BCUT2D eigenvalue weighted by Crippen LogP contribution is -2.54. The zero-order valence-electron chi connectivity index (χ0n) is 14.3. The van der Waals surface area contributed by atoms with Crippen molar-refractivity contribution < 1.29 is 14.1 Å². The van der Waals surface area contributed by atoms with Crippen LogP contribution in [0.4, 0.5) is 21.6 Å². The Hall–Kier alpha value is -3.42. The normalized spacial score (nSPS) is 17.3. The predicted octanol–water partition coefficient (Wildman–Crippen LogP) is 3.11. The molecule has 7 nitrogen and oxygen atoms in total. The van der Waals surface area contributed by atoms with Crippen molar-refractivity contribution in [3.8, 4) is 0 Å². The first-order valence-electron chi connectivity index (χ1n) is 8.55. The quantitative estimate of drug-likeness (QED) is 0.435. The van der Waals surface area contributed by atoms with Gasteiger partial charge in [0.25, 0.3) is 5.69 Å². The minimum Gasteiger partial charge on any atom is -0.362 e. The van der Waals surface area contributed by atoms with Crippen molar-refractivity contribution >= 4 is 34.4 Å². The Morgan fingerprint density at radius 3 is 2.74 bits per heavy atom. The summed E-state index contributed by atoms with van der Waals surface area (Å²) in [5.41, 5.74) is 1.00. The Balaban J connectivity index is 1.63. The number of aldehydes is 1. The number of hydrogen-bond acceptors (Lipinski definition) is 5. The van der Waals surface area contributed by atoms with Gasteiger partial charge in [0.2, 0.25) is 0 Å². The van der Waals surface area contributed by atoms with Crippen molar-refractivity contribution in [3.63, 3.8) is 0 Å². The lowest BCUT2D eigenvalue weighted by molar-refractivity contribution is -0.384. The highest BCUT2D eigenvalue weighted by molar-refractivity contribution is 5.85. The van der Waals surface area contributed by atoms with E-state index >= 15 is 0 Å². The van der Waals surface area contributed by atoms with Gasteiger partial charge in [-0.15, -0.1) is 0 Å². The van der Waals surface area contributed by atoms with Crippen LogP contribution >= 0.6 is 0 Å². The number of fused-ring (bicyclic) bond motifs is 1. The minimum absolute atomic E-state index is 0.167.